The molecule has 0 aromatic rings. The number of carbonyl (C=O) groups is 1. The standard InChI is InChI=1S/C13H25N3O/c1-11(16-9-12(8-14)10-16)13(17)15-6-4-2-3-5-7-15/h11-12H,2-10,14H2,1H3. The van der Waals surface area contributed by atoms with Crippen LogP contribution in [0.4, 0.5) is 0 Å². The molecule has 2 aliphatic rings. The van der Waals surface area contributed by atoms with Crippen LogP contribution in [0.25, 0.3) is 0 Å². The summed E-state index contributed by atoms with van der Waals surface area (Å²) in [7, 11) is 0. The van der Waals surface area contributed by atoms with E-state index in [9.17, 15) is 4.79 Å². The van der Waals surface area contributed by atoms with Crippen LogP contribution >= 0.6 is 0 Å². The van der Waals surface area contributed by atoms with Crippen molar-refractivity contribution in [3.8, 4) is 0 Å². The first-order valence-electron chi connectivity index (χ1n) is 6.95. The monoisotopic (exact) mass is 239 g/mol. The van der Waals surface area contributed by atoms with Crippen LogP contribution in [0.15, 0.2) is 0 Å². The van der Waals surface area contributed by atoms with Crippen molar-refractivity contribution in [2.75, 3.05) is 32.7 Å². The van der Waals surface area contributed by atoms with E-state index in [1.54, 1.807) is 0 Å². The van der Waals surface area contributed by atoms with E-state index in [0.717, 1.165) is 32.7 Å². The second-order valence-electron chi connectivity index (χ2n) is 5.47. The lowest BCUT2D eigenvalue weighted by Gasteiger charge is -2.43. The van der Waals surface area contributed by atoms with Gasteiger partial charge in [-0.2, -0.15) is 0 Å². The molecule has 0 aromatic heterocycles. The van der Waals surface area contributed by atoms with Gasteiger partial charge in [0.25, 0.3) is 0 Å². The fourth-order valence-corrected chi connectivity index (χ4v) is 2.79. The molecule has 17 heavy (non-hydrogen) atoms. The van der Waals surface area contributed by atoms with Crippen molar-refractivity contribution in [2.45, 2.75) is 38.6 Å². The van der Waals surface area contributed by atoms with Gasteiger partial charge >= 0.3 is 0 Å². The van der Waals surface area contributed by atoms with Gasteiger partial charge < -0.3 is 10.6 Å². The van der Waals surface area contributed by atoms with Crippen LogP contribution in [-0.2, 0) is 4.79 Å². The maximum Gasteiger partial charge on any atom is 0.239 e. The SMILES string of the molecule is CC(C(=O)N1CCCCCC1)N1CC(CN)C1. The number of amides is 1. The fourth-order valence-electron chi connectivity index (χ4n) is 2.79. The molecule has 0 bridgehead atoms. The van der Waals surface area contributed by atoms with E-state index in [1.807, 2.05) is 6.92 Å². The highest BCUT2D eigenvalue weighted by atomic mass is 16.2. The van der Waals surface area contributed by atoms with Gasteiger partial charge in [-0.05, 0) is 32.2 Å². The van der Waals surface area contributed by atoms with Gasteiger partial charge in [0, 0.05) is 26.2 Å². The highest BCUT2D eigenvalue weighted by Gasteiger charge is 2.34. The average Bonchev–Trinajstić information content (AvgIpc) is 2.55. The Balaban J connectivity index is 1.82. The molecular formula is C13H25N3O. The smallest absolute Gasteiger partial charge is 0.239 e. The van der Waals surface area contributed by atoms with Gasteiger partial charge in [0.15, 0.2) is 0 Å². The van der Waals surface area contributed by atoms with Crippen molar-refractivity contribution in [1.82, 2.24) is 9.80 Å². The number of carbonyl (C=O) groups excluding carboxylic acids is 1. The molecule has 2 aliphatic heterocycles. The van der Waals surface area contributed by atoms with E-state index < -0.39 is 0 Å². The molecule has 1 atom stereocenters. The van der Waals surface area contributed by atoms with Crippen molar-refractivity contribution in [3.63, 3.8) is 0 Å². The summed E-state index contributed by atoms with van der Waals surface area (Å²) in [5, 5.41) is 0. The first-order chi connectivity index (χ1) is 8.22. The molecule has 1 amide bonds. The van der Waals surface area contributed by atoms with Gasteiger partial charge in [-0.3, -0.25) is 9.69 Å². The molecule has 2 N–H and O–H groups in total. The zero-order valence-corrected chi connectivity index (χ0v) is 10.9. The van der Waals surface area contributed by atoms with E-state index in [2.05, 4.69) is 9.80 Å². The summed E-state index contributed by atoms with van der Waals surface area (Å²) < 4.78 is 0. The summed E-state index contributed by atoms with van der Waals surface area (Å²) in [5.41, 5.74) is 5.61. The Labute approximate surface area is 104 Å². The molecule has 4 nitrogen and oxygen atoms in total. The third-order valence-electron chi connectivity index (χ3n) is 4.14. The summed E-state index contributed by atoms with van der Waals surface area (Å²) in [4.78, 5) is 16.7. The topological polar surface area (TPSA) is 49.6 Å². The quantitative estimate of drug-likeness (QED) is 0.787. The Morgan fingerprint density at radius 3 is 2.35 bits per heavy atom. The third kappa shape index (κ3) is 2.99. The zero-order valence-electron chi connectivity index (χ0n) is 10.9. The summed E-state index contributed by atoms with van der Waals surface area (Å²) in [6, 6.07) is 0.0518. The van der Waals surface area contributed by atoms with E-state index in [4.69, 9.17) is 5.73 Å². The Morgan fingerprint density at radius 2 is 1.82 bits per heavy atom. The Bertz CT molecular complexity index is 255. The largest absolute Gasteiger partial charge is 0.341 e. The number of likely N-dealkylation sites (tertiary alicyclic amines) is 2. The van der Waals surface area contributed by atoms with Crippen molar-refractivity contribution >= 4 is 5.91 Å². The maximum absolute atomic E-state index is 12.3. The van der Waals surface area contributed by atoms with E-state index in [-0.39, 0.29) is 6.04 Å². The molecule has 2 heterocycles. The van der Waals surface area contributed by atoms with Crippen LogP contribution in [0, 0.1) is 5.92 Å². The predicted molar refractivity (Wildman–Crippen MR) is 68.6 cm³/mol. The molecule has 0 spiro atoms. The van der Waals surface area contributed by atoms with Gasteiger partial charge in [0.1, 0.15) is 0 Å². The zero-order chi connectivity index (χ0) is 12.3. The van der Waals surface area contributed by atoms with Gasteiger partial charge in [-0.25, -0.2) is 0 Å². The first-order valence-corrected chi connectivity index (χ1v) is 6.95. The van der Waals surface area contributed by atoms with E-state index >= 15 is 0 Å². The second kappa shape index (κ2) is 5.83. The first kappa shape index (κ1) is 12.8. The van der Waals surface area contributed by atoms with Crippen LogP contribution in [0.2, 0.25) is 0 Å². The molecule has 2 fully saturated rings. The molecule has 2 rings (SSSR count). The summed E-state index contributed by atoms with van der Waals surface area (Å²) in [6.07, 6.45) is 4.89. The molecule has 0 aromatic carbocycles. The average molecular weight is 239 g/mol. The lowest BCUT2D eigenvalue weighted by molar-refractivity contribution is -0.139. The van der Waals surface area contributed by atoms with Crippen LogP contribution in [0.1, 0.15) is 32.6 Å². The van der Waals surface area contributed by atoms with Crippen LogP contribution in [-0.4, -0.2) is 54.5 Å². The third-order valence-corrected chi connectivity index (χ3v) is 4.14. The molecule has 1 unspecified atom stereocenters. The maximum atomic E-state index is 12.3. The number of nitrogens with two attached hydrogens (primary N) is 1. The van der Waals surface area contributed by atoms with Crippen molar-refractivity contribution in [3.05, 3.63) is 0 Å². The minimum atomic E-state index is 0.0518. The second-order valence-corrected chi connectivity index (χ2v) is 5.47. The highest BCUT2D eigenvalue weighted by Crippen LogP contribution is 2.20. The normalized spacial score (nSPS) is 25.2. The molecule has 0 radical (unpaired) electrons. The van der Waals surface area contributed by atoms with Crippen molar-refractivity contribution < 1.29 is 4.79 Å². The molecule has 4 heteroatoms. The van der Waals surface area contributed by atoms with Crippen LogP contribution in [0.3, 0.4) is 0 Å². The molecular weight excluding hydrogens is 214 g/mol. The minimum Gasteiger partial charge on any atom is -0.341 e. The van der Waals surface area contributed by atoms with Gasteiger partial charge in [0.2, 0.25) is 5.91 Å². The van der Waals surface area contributed by atoms with Crippen LogP contribution in [0.5, 0.6) is 0 Å². The number of nitrogens with zero attached hydrogens (tertiary/aromatic N) is 2. The van der Waals surface area contributed by atoms with Crippen molar-refractivity contribution in [2.24, 2.45) is 11.7 Å². The lowest BCUT2D eigenvalue weighted by Crippen LogP contribution is -2.58. The van der Waals surface area contributed by atoms with Crippen LogP contribution < -0.4 is 5.73 Å². The predicted octanol–water partition coefficient (Wildman–Crippen LogP) is 0.668. The number of hydrogen-bond donors (Lipinski definition) is 1. The van der Waals surface area contributed by atoms with Gasteiger partial charge in [-0.1, -0.05) is 12.8 Å². The Morgan fingerprint density at radius 1 is 1.24 bits per heavy atom. The molecule has 2 saturated heterocycles. The van der Waals surface area contributed by atoms with Gasteiger partial charge in [0.05, 0.1) is 6.04 Å². The molecule has 0 aliphatic carbocycles. The minimum absolute atomic E-state index is 0.0518. The number of rotatable bonds is 3. The molecule has 0 saturated carbocycles. The number of hydrogen-bond acceptors (Lipinski definition) is 3. The highest BCUT2D eigenvalue weighted by molar-refractivity contribution is 5.81. The summed E-state index contributed by atoms with van der Waals surface area (Å²) in [6.45, 7) is 6.70. The summed E-state index contributed by atoms with van der Waals surface area (Å²) >= 11 is 0. The fraction of sp³-hybridized carbons (Fsp3) is 0.923. The van der Waals surface area contributed by atoms with E-state index in [0.29, 0.717) is 11.8 Å². The van der Waals surface area contributed by atoms with Gasteiger partial charge in [-0.15, -0.1) is 0 Å². The van der Waals surface area contributed by atoms with Crippen molar-refractivity contribution in [1.29, 1.82) is 0 Å². The lowest BCUT2D eigenvalue weighted by atomic mass is 9.98. The molecule has 98 valence electrons. The van der Waals surface area contributed by atoms with E-state index in [1.165, 1.54) is 25.7 Å². The Hall–Kier alpha value is -0.610. The Kier molecular flexibility index (Phi) is 4.40. The summed E-state index contributed by atoms with van der Waals surface area (Å²) in [5.74, 6) is 0.928.